The van der Waals surface area contributed by atoms with Crippen molar-refractivity contribution in [1.82, 2.24) is 9.78 Å². The van der Waals surface area contributed by atoms with E-state index in [-0.39, 0.29) is 5.92 Å². The van der Waals surface area contributed by atoms with Gasteiger partial charge in [-0.05, 0) is 18.1 Å². The normalized spacial score (nSPS) is 14.5. The van der Waals surface area contributed by atoms with Crippen LogP contribution in [0.5, 0.6) is 0 Å². The summed E-state index contributed by atoms with van der Waals surface area (Å²) in [6, 6.07) is 9.91. The minimum absolute atomic E-state index is 0.253. The second kappa shape index (κ2) is 5.15. The Hall–Kier alpha value is -1.61. The van der Waals surface area contributed by atoms with E-state index in [2.05, 4.69) is 12.0 Å². The van der Waals surface area contributed by atoms with Crippen molar-refractivity contribution in [3.8, 4) is 5.69 Å². The highest BCUT2D eigenvalue weighted by Crippen LogP contribution is 2.24. The van der Waals surface area contributed by atoms with E-state index in [9.17, 15) is 5.11 Å². The van der Waals surface area contributed by atoms with E-state index < -0.39 is 6.10 Å². The molecule has 0 saturated heterocycles. The van der Waals surface area contributed by atoms with Gasteiger partial charge in [0.05, 0.1) is 18.0 Å². The van der Waals surface area contributed by atoms with E-state index in [1.807, 2.05) is 43.5 Å². The number of nitrogens with zero attached hydrogens (tertiary/aromatic N) is 2. The van der Waals surface area contributed by atoms with E-state index in [0.29, 0.717) is 0 Å². The van der Waals surface area contributed by atoms with Crippen molar-refractivity contribution < 1.29 is 5.11 Å². The third kappa shape index (κ3) is 2.56. The molecule has 2 rings (SSSR count). The first-order valence-electron chi connectivity index (χ1n) is 6.00. The molecule has 0 aliphatic carbocycles. The molecule has 90 valence electrons. The standard InChI is InChI=1S/C14H18N2O/c1-3-11(2)14(17)12-9-15-16(10-12)13-7-5-4-6-8-13/h4-11,14,17H,3H2,1-2H3. The number of aliphatic hydroxyl groups excluding tert-OH is 1. The number of hydrogen-bond donors (Lipinski definition) is 1. The molecule has 2 atom stereocenters. The molecule has 1 heterocycles. The molecule has 0 radical (unpaired) electrons. The van der Waals surface area contributed by atoms with Gasteiger partial charge in [0, 0.05) is 11.8 Å². The maximum Gasteiger partial charge on any atom is 0.0846 e. The molecule has 0 amide bonds. The summed E-state index contributed by atoms with van der Waals surface area (Å²) in [5.41, 5.74) is 1.89. The fourth-order valence-corrected chi connectivity index (χ4v) is 1.76. The van der Waals surface area contributed by atoms with Crippen LogP contribution < -0.4 is 0 Å². The summed E-state index contributed by atoms with van der Waals surface area (Å²) >= 11 is 0. The van der Waals surface area contributed by atoms with Crippen molar-refractivity contribution in [2.45, 2.75) is 26.4 Å². The van der Waals surface area contributed by atoms with Crippen molar-refractivity contribution in [3.05, 3.63) is 48.3 Å². The van der Waals surface area contributed by atoms with Crippen LogP contribution in [0.3, 0.4) is 0 Å². The molecule has 0 bridgehead atoms. The molecule has 0 fully saturated rings. The average Bonchev–Trinajstić information content (AvgIpc) is 2.87. The van der Waals surface area contributed by atoms with Gasteiger partial charge in [-0.1, -0.05) is 38.5 Å². The van der Waals surface area contributed by atoms with Crippen molar-refractivity contribution in [2.75, 3.05) is 0 Å². The zero-order valence-corrected chi connectivity index (χ0v) is 10.2. The van der Waals surface area contributed by atoms with Crippen molar-refractivity contribution in [1.29, 1.82) is 0 Å². The van der Waals surface area contributed by atoms with Gasteiger partial charge in [-0.3, -0.25) is 0 Å². The van der Waals surface area contributed by atoms with E-state index >= 15 is 0 Å². The Morgan fingerprint density at radius 2 is 2.00 bits per heavy atom. The van der Waals surface area contributed by atoms with E-state index in [0.717, 1.165) is 17.7 Å². The Labute approximate surface area is 102 Å². The van der Waals surface area contributed by atoms with Crippen molar-refractivity contribution in [2.24, 2.45) is 5.92 Å². The molecule has 0 aliphatic heterocycles. The Morgan fingerprint density at radius 1 is 1.29 bits per heavy atom. The lowest BCUT2D eigenvalue weighted by molar-refractivity contribution is 0.115. The summed E-state index contributed by atoms with van der Waals surface area (Å²) in [6.07, 6.45) is 4.16. The van der Waals surface area contributed by atoms with Gasteiger partial charge in [0.2, 0.25) is 0 Å². The Kier molecular flexibility index (Phi) is 3.59. The molecule has 1 N–H and O–H groups in total. The first-order valence-corrected chi connectivity index (χ1v) is 6.00. The van der Waals surface area contributed by atoms with E-state index in [1.54, 1.807) is 10.9 Å². The molecule has 0 aliphatic rings. The van der Waals surface area contributed by atoms with Gasteiger partial charge in [-0.15, -0.1) is 0 Å². The third-order valence-corrected chi connectivity index (χ3v) is 3.15. The van der Waals surface area contributed by atoms with Crippen molar-refractivity contribution >= 4 is 0 Å². The monoisotopic (exact) mass is 230 g/mol. The van der Waals surface area contributed by atoms with Crippen LogP contribution in [0.2, 0.25) is 0 Å². The van der Waals surface area contributed by atoms with Crippen LogP contribution in [-0.4, -0.2) is 14.9 Å². The highest BCUT2D eigenvalue weighted by atomic mass is 16.3. The fraction of sp³-hybridized carbons (Fsp3) is 0.357. The van der Waals surface area contributed by atoms with Crippen molar-refractivity contribution in [3.63, 3.8) is 0 Å². The largest absolute Gasteiger partial charge is 0.388 e. The highest BCUT2D eigenvalue weighted by molar-refractivity contribution is 5.31. The SMILES string of the molecule is CCC(C)C(O)c1cnn(-c2ccccc2)c1. The summed E-state index contributed by atoms with van der Waals surface area (Å²) in [5.74, 6) is 0.253. The van der Waals surface area contributed by atoms with Gasteiger partial charge in [0.1, 0.15) is 0 Å². The number of benzene rings is 1. The molecule has 3 heteroatoms. The van der Waals surface area contributed by atoms with Crippen LogP contribution in [-0.2, 0) is 0 Å². The number of rotatable bonds is 4. The lowest BCUT2D eigenvalue weighted by Crippen LogP contribution is -2.07. The summed E-state index contributed by atoms with van der Waals surface area (Å²) in [7, 11) is 0. The fourth-order valence-electron chi connectivity index (χ4n) is 1.76. The average molecular weight is 230 g/mol. The van der Waals surface area contributed by atoms with Crippen LogP contribution in [0.4, 0.5) is 0 Å². The quantitative estimate of drug-likeness (QED) is 0.877. The maximum atomic E-state index is 10.1. The molecule has 2 aromatic rings. The number of aromatic nitrogens is 2. The molecular weight excluding hydrogens is 212 g/mol. The van der Waals surface area contributed by atoms with Gasteiger partial charge in [0.25, 0.3) is 0 Å². The van der Waals surface area contributed by atoms with Gasteiger partial charge in [-0.25, -0.2) is 4.68 Å². The molecule has 0 saturated carbocycles. The maximum absolute atomic E-state index is 10.1. The molecule has 17 heavy (non-hydrogen) atoms. The van der Waals surface area contributed by atoms with E-state index in [1.165, 1.54) is 0 Å². The predicted octanol–water partition coefficient (Wildman–Crippen LogP) is 2.95. The minimum atomic E-state index is -0.433. The van der Waals surface area contributed by atoms with Gasteiger partial charge >= 0.3 is 0 Å². The second-order valence-electron chi connectivity index (χ2n) is 4.38. The summed E-state index contributed by atoms with van der Waals surface area (Å²) < 4.78 is 1.79. The number of para-hydroxylation sites is 1. The molecule has 2 unspecified atom stereocenters. The zero-order valence-electron chi connectivity index (χ0n) is 10.2. The van der Waals surface area contributed by atoms with E-state index in [4.69, 9.17) is 0 Å². The Morgan fingerprint density at radius 3 is 2.65 bits per heavy atom. The van der Waals surface area contributed by atoms with Gasteiger partial charge < -0.3 is 5.11 Å². The summed E-state index contributed by atoms with van der Waals surface area (Å²) in [6.45, 7) is 4.13. The molecular formula is C14H18N2O. The number of aliphatic hydroxyl groups is 1. The van der Waals surface area contributed by atoms with Crippen LogP contribution in [0, 0.1) is 5.92 Å². The van der Waals surface area contributed by atoms with Gasteiger partial charge in [-0.2, -0.15) is 5.10 Å². The van der Waals surface area contributed by atoms with Crippen LogP contribution in [0.15, 0.2) is 42.7 Å². The topological polar surface area (TPSA) is 38.1 Å². The lowest BCUT2D eigenvalue weighted by atomic mass is 9.98. The first-order chi connectivity index (χ1) is 8.22. The van der Waals surface area contributed by atoms with Gasteiger partial charge in [0.15, 0.2) is 0 Å². The predicted molar refractivity (Wildman–Crippen MR) is 68.0 cm³/mol. The zero-order chi connectivity index (χ0) is 12.3. The van der Waals surface area contributed by atoms with Crippen LogP contribution in [0.1, 0.15) is 31.9 Å². The highest BCUT2D eigenvalue weighted by Gasteiger charge is 2.16. The van der Waals surface area contributed by atoms with Crippen LogP contribution >= 0.6 is 0 Å². The molecule has 1 aromatic carbocycles. The number of hydrogen-bond acceptors (Lipinski definition) is 2. The molecule has 0 spiro atoms. The Bertz CT molecular complexity index is 464. The molecule has 1 aromatic heterocycles. The summed E-state index contributed by atoms with van der Waals surface area (Å²) in [5, 5.41) is 14.4. The minimum Gasteiger partial charge on any atom is -0.388 e. The molecule has 3 nitrogen and oxygen atoms in total. The Balaban J connectivity index is 2.22. The smallest absolute Gasteiger partial charge is 0.0846 e. The second-order valence-corrected chi connectivity index (χ2v) is 4.38. The third-order valence-electron chi connectivity index (χ3n) is 3.15. The summed E-state index contributed by atoms with van der Waals surface area (Å²) in [4.78, 5) is 0. The van der Waals surface area contributed by atoms with Crippen LogP contribution in [0.25, 0.3) is 5.69 Å². The lowest BCUT2D eigenvalue weighted by Gasteiger charge is -2.14. The first kappa shape index (κ1) is 11.9.